The SMILES string of the molecule is NCc1cc2c(Cl)cccc2[nH]1. The van der Waals surface area contributed by atoms with E-state index in [1.165, 1.54) is 0 Å². The van der Waals surface area contributed by atoms with Crippen LogP contribution in [-0.4, -0.2) is 4.98 Å². The Labute approximate surface area is 75.3 Å². The molecule has 0 unspecified atom stereocenters. The molecular weight excluding hydrogens is 172 g/mol. The van der Waals surface area contributed by atoms with Gasteiger partial charge in [0.1, 0.15) is 0 Å². The summed E-state index contributed by atoms with van der Waals surface area (Å²) in [5.41, 5.74) is 7.55. The molecule has 0 aliphatic heterocycles. The summed E-state index contributed by atoms with van der Waals surface area (Å²) in [6.45, 7) is 0.519. The molecule has 0 saturated carbocycles. The highest BCUT2D eigenvalue weighted by Gasteiger charge is 2.01. The van der Waals surface area contributed by atoms with Gasteiger partial charge >= 0.3 is 0 Å². The Hall–Kier alpha value is -0.990. The molecule has 0 spiro atoms. The molecule has 0 aliphatic carbocycles. The number of benzene rings is 1. The maximum atomic E-state index is 5.97. The lowest BCUT2D eigenvalue weighted by Gasteiger charge is -1.89. The van der Waals surface area contributed by atoms with E-state index < -0.39 is 0 Å². The Bertz CT molecular complexity index is 406. The maximum absolute atomic E-state index is 5.97. The summed E-state index contributed by atoms with van der Waals surface area (Å²) in [5.74, 6) is 0. The number of H-pyrrole nitrogens is 1. The predicted molar refractivity (Wildman–Crippen MR) is 51.2 cm³/mol. The third-order valence-corrected chi connectivity index (χ3v) is 2.22. The van der Waals surface area contributed by atoms with Gasteiger partial charge in [0.05, 0.1) is 0 Å². The van der Waals surface area contributed by atoms with Crippen molar-refractivity contribution in [1.82, 2.24) is 4.98 Å². The molecule has 0 saturated heterocycles. The first-order chi connectivity index (χ1) is 5.81. The monoisotopic (exact) mass is 180 g/mol. The van der Waals surface area contributed by atoms with Crippen LogP contribution < -0.4 is 5.73 Å². The number of nitrogens with two attached hydrogens (primary N) is 1. The van der Waals surface area contributed by atoms with E-state index in [1.54, 1.807) is 0 Å². The minimum atomic E-state index is 0.519. The van der Waals surface area contributed by atoms with E-state index >= 15 is 0 Å². The van der Waals surface area contributed by atoms with Gasteiger partial charge in [0, 0.05) is 28.2 Å². The van der Waals surface area contributed by atoms with E-state index in [0.29, 0.717) is 6.54 Å². The third-order valence-electron chi connectivity index (χ3n) is 1.89. The van der Waals surface area contributed by atoms with Crippen molar-refractivity contribution >= 4 is 22.5 Å². The summed E-state index contributed by atoms with van der Waals surface area (Å²) >= 11 is 5.97. The normalized spacial score (nSPS) is 10.8. The predicted octanol–water partition coefficient (Wildman–Crippen LogP) is 2.28. The summed E-state index contributed by atoms with van der Waals surface area (Å²) in [7, 11) is 0. The molecule has 2 aromatic rings. The molecule has 0 bridgehead atoms. The first-order valence-electron chi connectivity index (χ1n) is 3.77. The minimum absolute atomic E-state index is 0.519. The van der Waals surface area contributed by atoms with Gasteiger partial charge in [0.2, 0.25) is 0 Å². The zero-order valence-corrected chi connectivity index (χ0v) is 7.23. The van der Waals surface area contributed by atoms with Gasteiger partial charge in [0.25, 0.3) is 0 Å². The second kappa shape index (κ2) is 2.81. The standard InChI is InChI=1S/C9H9ClN2/c10-8-2-1-3-9-7(8)4-6(5-11)12-9/h1-4,12H,5,11H2. The fraction of sp³-hybridized carbons (Fsp3) is 0.111. The molecule has 0 fully saturated rings. The Morgan fingerprint density at radius 1 is 1.42 bits per heavy atom. The molecule has 62 valence electrons. The number of halogens is 1. The van der Waals surface area contributed by atoms with Crippen molar-refractivity contribution in [2.75, 3.05) is 0 Å². The molecule has 1 aromatic carbocycles. The van der Waals surface area contributed by atoms with Crippen LogP contribution in [0.2, 0.25) is 5.02 Å². The summed E-state index contributed by atoms with van der Waals surface area (Å²) in [6.07, 6.45) is 0. The van der Waals surface area contributed by atoms with Gasteiger partial charge in [0.15, 0.2) is 0 Å². The average Bonchev–Trinajstić information content (AvgIpc) is 2.49. The highest BCUT2D eigenvalue weighted by molar-refractivity contribution is 6.35. The Balaban J connectivity index is 2.74. The Kier molecular flexibility index (Phi) is 1.79. The molecule has 0 atom stereocenters. The highest BCUT2D eigenvalue weighted by Crippen LogP contribution is 2.23. The Morgan fingerprint density at radius 3 is 2.92 bits per heavy atom. The van der Waals surface area contributed by atoms with Crippen molar-refractivity contribution in [2.24, 2.45) is 5.73 Å². The van der Waals surface area contributed by atoms with Crippen LogP contribution in [0, 0.1) is 0 Å². The van der Waals surface area contributed by atoms with Crippen LogP contribution in [-0.2, 0) is 6.54 Å². The third kappa shape index (κ3) is 1.09. The van der Waals surface area contributed by atoms with Crippen LogP contribution >= 0.6 is 11.6 Å². The molecule has 3 heteroatoms. The van der Waals surface area contributed by atoms with E-state index in [1.807, 2.05) is 24.3 Å². The molecule has 1 heterocycles. The van der Waals surface area contributed by atoms with Crippen LogP contribution in [0.3, 0.4) is 0 Å². The summed E-state index contributed by atoms with van der Waals surface area (Å²) in [4.78, 5) is 3.18. The molecule has 2 nitrogen and oxygen atoms in total. The molecule has 2 rings (SSSR count). The molecular formula is C9H9ClN2. The van der Waals surface area contributed by atoms with Gasteiger partial charge in [-0.1, -0.05) is 17.7 Å². The van der Waals surface area contributed by atoms with Crippen molar-refractivity contribution in [1.29, 1.82) is 0 Å². The van der Waals surface area contributed by atoms with Crippen LogP contribution in [0.4, 0.5) is 0 Å². The number of aromatic nitrogens is 1. The van der Waals surface area contributed by atoms with E-state index in [9.17, 15) is 0 Å². The zero-order valence-electron chi connectivity index (χ0n) is 6.47. The minimum Gasteiger partial charge on any atom is -0.357 e. The fourth-order valence-corrected chi connectivity index (χ4v) is 1.52. The first kappa shape index (κ1) is 7.65. The van der Waals surface area contributed by atoms with Gasteiger partial charge in [-0.25, -0.2) is 0 Å². The number of rotatable bonds is 1. The number of fused-ring (bicyclic) bond motifs is 1. The summed E-state index contributed by atoms with van der Waals surface area (Å²) in [6, 6.07) is 7.76. The molecule has 3 N–H and O–H groups in total. The first-order valence-corrected chi connectivity index (χ1v) is 4.15. The Morgan fingerprint density at radius 2 is 2.25 bits per heavy atom. The van der Waals surface area contributed by atoms with Gasteiger partial charge in [-0.05, 0) is 18.2 Å². The van der Waals surface area contributed by atoms with Gasteiger partial charge in [-0.2, -0.15) is 0 Å². The van der Waals surface area contributed by atoms with E-state index in [-0.39, 0.29) is 0 Å². The second-order valence-electron chi connectivity index (χ2n) is 2.70. The molecule has 0 aliphatic rings. The smallest absolute Gasteiger partial charge is 0.0499 e. The lowest BCUT2D eigenvalue weighted by atomic mass is 10.2. The van der Waals surface area contributed by atoms with Gasteiger partial charge in [-0.15, -0.1) is 0 Å². The maximum Gasteiger partial charge on any atom is 0.0499 e. The topological polar surface area (TPSA) is 41.8 Å². The van der Waals surface area contributed by atoms with Crippen LogP contribution in [0.25, 0.3) is 10.9 Å². The van der Waals surface area contributed by atoms with E-state index in [2.05, 4.69) is 4.98 Å². The number of aromatic amines is 1. The van der Waals surface area contributed by atoms with E-state index in [4.69, 9.17) is 17.3 Å². The average molecular weight is 181 g/mol. The zero-order chi connectivity index (χ0) is 8.55. The number of nitrogens with one attached hydrogen (secondary N) is 1. The number of hydrogen-bond donors (Lipinski definition) is 2. The van der Waals surface area contributed by atoms with Crippen LogP contribution in [0.1, 0.15) is 5.69 Å². The second-order valence-corrected chi connectivity index (χ2v) is 3.11. The van der Waals surface area contributed by atoms with E-state index in [0.717, 1.165) is 21.6 Å². The van der Waals surface area contributed by atoms with Crippen molar-refractivity contribution in [3.8, 4) is 0 Å². The summed E-state index contributed by atoms with van der Waals surface area (Å²) < 4.78 is 0. The lowest BCUT2D eigenvalue weighted by Crippen LogP contribution is -1.94. The van der Waals surface area contributed by atoms with Crippen molar-refractivity contribution in [3.63, 3.8) is 0 Å². The van der Waals surface area contributed by atoms with Crippen LogP contribution in [0.15, 0.2) is 24.3 Å². The van der Waals surface area contributed by atoms with Crippen molar-refractivity contribution in [3.05, 3.63) is 35.0 Å². The summed E-state index contributed by atoms with van der Waals surface area (Å²) in [5, 5.41) is 1.81. The lowest BCUT2D eigenvalue weighted by molar-refractivity contribution is 1.02. The van der Waals surface area contributed by atoms with Crippen molar-refractivity contribution < 1.29 is 0 Å². The van der Waals surface area contributed by atoms with Gasteiger partial charge in [-0.3, -0.25) is 0 Å². The molecule has 0 radical (unpaired) electrons. The van der Waals surface area contributed by atoms with Gasteiger partial charge < -0.3 is 10.7 Å². The van der Waals surface area contributed by atoms with Crippen LogP contribution in [0.5, 0.6) is 0 Å². The quantitative estimate of drug-likeness (QED) is 0.695. The molecule has 0 amide bonds. The fourth-order valence-electron chi connectivity index (χ4n) is 1.29. The highest BCUT2D eigenvalue weighted by atomic mass is 35.5. The largest absolute Gasteiger partial charge is 0.357 e. The molecule has 12 heavy (non-hydrogen) atoms. The number of hydrogen-bond acceptors (Lipinski definition) is 1. The van der Waals surface area contributed by atoms with Crippen molar-refractivity contribution in [2.45, 2.75) is 6.54 Å². The molecule has 1 aromatic heterocycles.